The zero-order valence-corrected chi connectivity index (χ0v) is 10.3. The molecule has 0 spiro atoms. The maximum atomic E-state index is 3.47. The van der Waals surface area contributed by atoms with Gasteiger partial charge in [-0.3, -0.25) is 0 Å². The van der Waals surface area contributed by atoms with Crippen LogP contribution in [0.4, 0.5) is 0 Å². The lowest BCUT2D eigenvalue weighted by Gasteiger charge is -2.18. The average Bonchev–Trinajstić information content (AvgIpc) is 2.14. The molecular formula is C9H20BNS2. The Kier molecular flexibility index (Phi) is 6.42. The number of rotatable bonds is 1. The van der Waals surface area contributed by atoms with E-state index in [1.165, 1.54) is 37.4 Å². The molecule has 0 amide bonds. The van der Waals surface area contributed by atoms with Crippen LogP contribution < -0.4 is 5.32 Å². The van der Waals surface area contributed by atoms with Crippen LogP contribution in [0, 0.1) is 0 Å². The van der Waals surface area contributed by atoms with E-state index in [4.69, 9.17) is 0 Å². The molecule has 1 saturated heterocycles. The van der Waals surface area contributed by atoms with Crippen LogP contribution in [0.25, 0.3) is 0 Å². The molecule has 0 aromatic carbocycles. The molecule has 4 heteroatoms. The minimum Gasteiger partial charge on any atom is -0.317 e. The summed E-state index contributed by atoms with van der Waals surface area (Å²) in [5.41, 5.74) is 0. The zero-order valence-electron chi connectivity index (χ0n) is 8.71. The van der Waals surface area contributed by atoms with E-state index in [0.29, 0.717) is 0 Å². The Hall–Kier alpha value is 0.725. The van der Waals surface area contributed by atoms with Gasteiger partial charge in [-0.05, 0) is 43.3 Å². The van der Waals surface area contributed by atoms with Crippen LogP contribution in [0.15, 0.2) is 0 Å². The first kappa shape index (κ1) is 11.8. The number of nitrogens with one attached hydrogen (secondary N) is 1. The molecule has 0 bridgehead atoms. The first-order valence-corrected chi connectivity index (χ1v) is 7.34. The monoisotopic (exact) mass is 217 g/mol. The maximum absolute atomic E-state index is 3.47. The molecule has 1 rings (SSSR count). The van der Waals surface area contributed by atoms with Crippen molar-refractivity contribution in [2.24, 2.45) is 0 Å². The Morgan fingerprint density at radius 3 is 2.08 bits per heavy atom. The van der Waals surface area contributed by atoms with Crippen molar-refractivity contribution in [1.82, 2.24) is 5.32 Å². The maximum Gasteiger partial charge on any atom is 0.276 e. The van der Waals surface area contributed by atoms with Crippen LogP contribution in [0.3, 0.4) is 0 Å². The van der Waals surface area contributed by atoms with Crippen molar-refractivity contribution >= 4 is 28.5 Å². The average molecular weight is 217 g/mol. The zero-order chi connectivity index (χ0) is 9.52. The molecule has 1 aliphatic heterocycles. The minimum absolute atomic E-state index is 0.822. The fraction of sp³-hybridized carbons (Fsp3) is 1.00. The van der Waals surface area contributed by atoms with Gasteiger partial charge in [-0.15, -0.1) is 0 Å². The standard InChI is InChI=1S/C9H20BNS2/c1-9(2)10-12-7-3-5-11-6-4-8-13-10/h9,11H,3-8H2,1-2H3. The van der Waals surface area contributed by atoms with Gasteiger partial charge in [0.25, 0.3) is 5.27 Å². The molecular weight excluding hydrogens is 197 g/mol. The smallest absolute Gasteiger partial charge is 0.276 e. The van der Waals surface area contributed by atoms with E-state index >= 15 is 0 Å². The van der Waals surface area contributed by atoms with E-state index in [1.807, 2.05) is 0 Å². The van der Waals surface area contributed by atoms with Crippen LogP contribution in [0.5, 0.6) is 0 Å². The Morgan fingerprint density at radius 2 is 1.62 bits per heavy atom. The molecule has 1 fully saturated rings. The summed E-state index contributed by atoms with van der Waals surface area (Å²) in [6, 6.07) is 0. The van der Waals surface area contributed by atoms with Gasteiger partial charge >= 0.3 is 0 Å². The van der Waals surface area contributed by atoms with Gasteiger partial charge in [0, 0.05) is 0 Å². The lowest BCUT2D eigenvalue weighted by atomic mass is 9.88. The third kappa shape index (κ3) is 5.23. The highest BCUT2D eigenvalue weighted by Crippen LogP contribution is 2.30. The second-order valence-corrected chi connectivity index (χ2v) is 6.61. The first-order chi connectivity index (χ1) is 6.30. The van der Waals surface area contributed by atoms with Gasteiger partial charge in [0.15, 0.2) is 0 Å². The summed E-state index contributed by atoms with van der Waals surface area (Å²) < 4.78 is 0. The Balaban J connectivity index is 2.26. The van der Waals surface area contributed by atoms with Crippen molar-refractivity contribution in [3.63, 3.8) is 0 Å². The topological polar surface area (TPSA) is 12.0 Å². The summed E-state index contributed by atoms with van der Waals surface area (Å²) in [5, 5.41) is 4.30. The highest BCUT2D eigenvalue weighted by atomic mass is 32.2. The van der Waals surface area contributed by atoms with Crippen LogP contribution >= 0.6 is 23.2 Å². The summed E-state index contributed by atoms with van der Waals surface area (Å²) in [7, 11) is 0. The van der Waals surface area contributed by atoms with Crippen LogP contribution in [-0.2, 0) is 0 Å². The molecule has 0 aliphatic carbocycles. The van der Waals surface area contributed by atoms with Crippen LogP contribution in [0.1, 0.15) is 26.7 Å². The molecule has 0 atom stereocenters. The molecule has 1 heterocycles. The van der Waals surface area contributed by atoms with Crippen molar-refractivity contribution in [2.75, 3.05) is 24.6 Å². The molecule has 1 aliphatic rings. The Morgan fingerprint density at radius 1 is 1.08 bits per heavy atom. The fourth-order valence-electron chi connectivity index (χ4n) is 1.35. The number of hydrogen-bond donors (Lipinski definition) is 1. The van der Waals surface area contributed by atoms with Crippen molar-refractivity contribution in [3.05, 3.63) is 0 Å². The molecule has 0 aromatic heterocycles. The van der Waals surface area contributed by atoms with Gasteiger partial charge < -0.3 is 5.32 Å². The molecule has 0 aromatic rings. The van der Waals surface area contributed by atoms with Gasteiger partial charge in [-0.25, -0.2) is 0 Å². The summed E-state index contributed by atoms with van der Waals surface area (Å²) in [5.74, 6) is 3.47. The summed E-state index contributed by atoms with van der Waals surface area (Å²) in [6.45, 7) is 7.11. The van der Waals surface area contributed by atoms with E-state index in [0.717, 1.165) is 11.1 Å². The van der Waals surface area contributed by atoms with Gasteiger partial charge in [-0.2, -0.15) is 23.2 Å². The van der Waals surface area contributed by atoms with Crippen molar-refractivity contribution in [2.45, 2.75) is 32.5 Å². The summed E-state index contributed by atoms with van der Waals surface area (Å²) in [6.07, 6.45) is 2.66. The molecule has 1 nitrogen and oxygen atoms in total. The second kappa shape index (κ2) is 7.07. The highest BCUT2D eigenvalue weighted by Gasteiger charge is 2.19. The van der Waals surface area contributed by atoms with Gasteiger partial charge in [0.1, 0.15) is 0 Å². The first-order valence-electron chi connectivity index (χ1n) is 5.24. The highest BCUT2D eigenvalue weighted by molar-refractivity contribution is 8.54. The molecule has 76 valence electrons. The predicted molar refractivity (Wildman–Crippen MR) is 67.9 cm³/mol. The van der Waals surface area contributed by atoms with Gasteiger partial charge in [0.05, 0.1) is 0 Å². The lowest BCUT2D eigenvalue weighted by molar-refractivity contribution is 0.668. The second-order valence-electron chi connectivity index (χ2n) is 3.81. The Bertz CT molecular complexity index is 123. The molecule has 1 N–H and O–H groups in total. The van der Waals surface area contributed by atoms with Crippen molar-refractivity contribution in [3.8, 4) is 0 Å². The summed E-state index contributed by atoms with van der Waals surface area (Å²) >= 11 is 4.30. The normalized spacial score (nSPS) is 21.9. The molecule has 13 heavy (non-hydrogen) atoms. The van der Waals surface area contributed by atoms with Crippen molar-refractivity contribution in [1.29, 1.82) is 0 Å². The van der Waals surface area contributed by atoms with Crippen LogP contribution in [-0.4, -0.2) is 29.9 Å². The minimum atomic E-state index is 0.822. The third-order valence-corrected chi connectivity index (χ3v) is 5.72. The van der Waals surface area contributed by atoms with E-state index in [1.54, 1.807) is 0 Å². The SMILES string of the molecule is CC(C)B1SCCCNCCCS1. The van der Waals surface area contributed by atoms with E-state index in [2.05, 4.69) is 42.4 Å². The molecule has 0 saturated carbocycles. The number of hydrogen-bond acceptors (Lipinski definition) is 3. The third-order valence-electron chi connectivity index (χ3n) is 2.10. The molecule has 0 unspecified atom stereocenters. The quantitative estimate of drug-likeness (QED) is 0.678. The Labute approximate surface area is 91.1 Å². The van der Waals surface area contributed by atoms with E-state index < -0.39 is 0 Å². The lowest BCUT2D eigenvalue weighted by Crippen LogP contribution is -2.21. The molecule has 0 radical (unpaired) electrons. The van der Waals surface area contributed by atoms with Crippen LogP contribution in [0.2, 0.25) is 5.82 Å². The van der Waals surface area contributed by atoms with E-state index in [-0.39, 0.29) is 0 Å². The largest absolute Gasteiger partial charge is 0.317 e. The predicted octanol–water partition coefficient (Wildman–Crippen LogP) is 2.73. The van der Waals surface area contributed by atoms with E-state index in [9.17, 15) is 0 Å². The van der Waals surface area contributed by atoms with Crippen molar-refractivity contribution < 1.29 is 0 Å². The fourth-order valence-corrected chi connectivity index (χ4v) is 4.17. The van der Waals surface area contributed by atoms with Gasteiger partial charge in [-0.1, -0.05) is 13.8 Å². The van der Waals surface area contributed by atoms with Gasteiger partial charge in [0.2, 0.25) is 0 Å². The summed E-state index contributed by atoms with van der Waals surface area (Å²) in [4.78, 5) is 0.